The lowest BCUT2D eigenvalue weighted by Gasteiger charge is -2.33. The molecular weight excluding hydrogens is 428 g/mol. The van der Waals surface area contributed by atoms with E-state index in [4.69, 9.17) is 4.55 Å². The summed E-state index contributed by atoms with van der Waals surface area (Å²) in [5, 5.41) is 0. The molecule has 0 aliphatic heterocycles. The summed E-state index contributed by atoms with van der Waals surface area (Å²) in [6, 6.07) is 0. The summed E-state index contributed by atoms with van der Waals surface area (Å²) in [7, 11) is -6.07. The van der Waals surface area contributed by atoms with Crippen LogP contribution in [0.25, 0.3) is 0 Å². The van der Waals surface area contributed by atoms with E-state index >= 15 is 0 Å². The highest BCUT2D eigenvalue weighted by Gasteiger charge is 2.61. The van der Waals surface area contributed by atoms with Crippen molar-refractivity contribution >= 4 is 10.1 Å². The Morgan fingerprint density at radius 1 is 0.731 bits per heavy atom. The van der Waals surface area contributed by atoms with Crippen LogP contribution in [0.15, 0.2) is 0 Å². The molecule has 158 valence electrons. The van der Waals surface area contributed by atoms with Crippen LogP contribution in [-0.2, 0) is 10.1 Å². The zero-order chi connectivity index (χ0) is 21.2. The highest BCUT2D eigenvalue weighted by Crippen LogP contribution is 2.44. The molecular formula is C10H10F12O3S. The Hall–Kier alpha value is -0.930. The third kappa shape index (κ3) is 6.06. The van der Waals surface area contributed by atoms with Gasteiger partial charge < -0.3 is 0 Å². The maximum Gasteiger partial charge on any atom is 0.397 e. The van der Waals surface area contributed by atoms with Crippen LogP contribution in [0.4, 0.5) is 52.7 Å². The average molecular weight is 438 g/mol. The van der Waals surface area contributed by atoms with Gasteiger partial charge in [-0.15, -0.1) is 0 Å². The van der Waals surface area contributed by atoms with E-state index in [-0.39, 0.29) is 0 Å². The minimum Gasteiger partial charge on any atom is -0.283 e. The maximum atomic E-state index is 13.6. The van der Waals surface area contributed by atoms with Gasteiger partial charge in [0.2, 0.25) is 0 Å². The molecule has 0 aromatic carbocycles. The van der Waals surface area contributed by atoms with E-state index in [1.165, 1.54) is 0 Å². The number of halogens is 12. The first-order valence-electron chi connectivity index (χ1n) is 6.23. The standard InChI is InChI=1S/C10H10F12O3S/c11-1-2(9(17,18)19)4(12)3(10(20,21)22)5(13)6(14)7(15)8(16)26(23,24)25/h2-8H,1H2,(H,23,24,25). The Morgan fingerprint density at radius 3 is 1.42 bits per heavy atom. The van der Waals surface area contributed by atoms with Crippen LogP contribution in [0, 0.1) is 11.8 Å². The van der Waals surface area contributed by atoms with E-state index < -0.39 is 71.2 Å². The molecule has 0 rings (SSSR count). The van der Waals surface area contributed by atoms with Gasteiger partial charge in [-0.2, -0.15) is 34.8 Å². The predicted molar refractivity (Wildman–Crippen MR) is 61.1 cm³/mol. The van der Waals surface area contributed by atoms with Gasteiger partial charge in [-0.1, -0.05) is 0 Å². The quantitative estimate of drug-likeness (QED) is 0.463. The van der Waals surface area contributed by atoms with E-state index in [0.717, 1.165) is 0 Å². The van der Waals surface area contributed by atoms with E-state index in [0.29, 0.717) is 0 Å². The fourth-order valence-electron chi connectivity index (χ4n) is 1.82. The lowest BCUT2D eigenvalue weighted by molar-refractivity contribution is -0.253. The van der Waals surface area contributed by atoms with Gasteiger partial charge in [0.15, 0.2) is 12.3 Å². The van der Waals surface area contributed by atoms with Gasteiger partial charge in [-0.25, -0.2) is 22.0 Å². The smallest absolute Gasteiger partial charge is 0.283 e. The molecule has 0 amide bonds. The van der Waals surface area contributed by atoms with E-state index in [9.17, 15) is 61.1 Å². The normalized spacial score (nSPS) is 22.2. The van der Waals surface area contributed by atoms with Crippen LogP contribution in [0.5, 0.6) is 0 Å². The Labute approximate surface area is 138 Å². The molecule has 0 aromatic heterocycles. The fraction of sp³-hybridized carbons (Fsp3) is 1.00. The molecule has 1 N–H and O–H groups in total. The van der Waals surface area contributed by atoms with Crippen molar-refractivity contribution in [2.75, 3.05) is 6.67 Å². The summed E-state index contributed by atoms with van der Waals surface area (Å²) >= 11 is 0. The molecule has 0 fully saturated rings. The van der Waals surface area contributed by atoms with Crippen LogP contribution in [0.1, 0.15) is 0 Å². The van der Waals surface area contributed by atoms with Crippen LogP contribution in [-0.4, -0.2) is 62.2 Å². The Kier molecular flexibility index (Phi) is 8.09. The minimum absolute atomic E-state index is 2.81. The topological polar surface area (TPSA) is 54.4 Å². The van der Waals surface area contributed by atoms with E-state index in [2.05, 4.69) is 0 Å². The fourth-order valence-corrected chi connectivity index (χ4v) is 2.30. The molecule has 3 nitrogen and oxygen atoms in total. The molecule has 0 spiro atoms. The van der Waals surface area contributed by atoms with Crippen LogP contribution in [0.2, 0.25) is 0 Å². The van der Waals surface area contributed by atoms with Crippen molar-refractivity contribution in [3.05, 3.63) is 0 Å². The first-order valence-corrected chi connectivity index (χ1v) is 7.73. The lowest BCUT2D eigenvalue weighted by atomic mass is 9.85. The first-order chi connectivity index (χ1) is 11.4. The summed E-state index contributed by atoms with van der Waals surface area (Å²) in [5.74, 6) is -8.67. The third-order valence-corrected chi connectivity index (χ3v) is 4.01. The Morgan fingerprint density at radius 2 is 1.15 bits per heavy atom. The van der Waals surface area contributed by atoms with Gasteiger partial charge in [0, 0.05) is 0 Å². The monoisotopic (exact) mass is 438 g/mol. The second kappa shape index (κ2) is 8.39. The van der Waals surface area contributed by atoms with Crippen molar-refractivity contribution in [3.8, 4) is 0 Å². The first kappa shape index (κ1) is 25.1. The molecule has 0 heterocycles. The molecule has 16 heteroatoms. The molecule has 7 atom stereocenters. The van der Waals surface area contributed by atoms with Crippen molar-refractivity contribution in [1.82, 2.24) is 0 Å². The molecule has 0 bridgehead atoms. The summed E-state index contributed by atoms with van der Waals surface area (Å²) < 4.78 is 182. The predicted octanol–water partition coefficient (Wildman–Crippen LogP) is 3.85. The van der Waals surface area contributed by atoms with Gasteiger partial charge in [-0.3, -0.25) is 8.94 Å². The molecule has 7 unspecified atom stereocenters. The van der Waals surface area contributed by atoms with Gasteiger partial charge in [0.1, 0.15) is 30.9 Å². The second-order valence-corrected chi connectivity index (χ2v) is 6.49. The van der Waals surface area contributed by atoms with Crippen molar-refractivity contribution in [2.45, 2.75) is 42.5 Å². The molecule has 0 aliphatic rings. The highest BCUT2D eigenvalue weighted by molar-refractivity contribution is 7.86. The molecule has 26 heavy (non-hydrogen) atoms. The number of hydrogen-bond acceptors (Lipinski definition) is 2. The molecule has 0 saturated heterocycles. The molecule has 0 saturated carbocycles. The summed E-state index contributed by atoms with van der Waals surface area (Å²) in [6.45, 7) is -2.81. The SMILES string of the molecule is O=S(=O)(O)C(F)C(F)C(F)C(F)C(C(F)C(CF)C(F)(F)F)C(F)(F)F. The zero-order valence-corrected chi connectivity index (χ0v) is 12.8. The second-order valence-electron chi connectivity index (χ2n) is 5.01. The maximum absolute atomic E-state index is 13.6. The largest absolute Gasteiger partial charge is 0.397 e. The van der Waals surface area contributed by atoms with Crippen LogP contribution in [0.3, 0.4) is 0 Å². The number of alkyl halides is 12. The van der Waals surface area contributed by atoms with E-state index in [1.54, 1.807) is 0 Å². The van der Waals surface area contributed by atoms with Gasteiger partial charge >= 0.3 is 22.5 Å². The van der Waals surface area contributed by atoms with Crippen molar-refractivity contribution in [1.29, 1.82) is 0 Å². The van der Waals surface area contributed by atoms with E-state index in [1.807, 2.05) is 0 Å². The summed E-state index contributed by atoms with van der Waals surface area (Å²) in [6.07, 6.45) is -30.2. The molecule has 0 aliphatic carbocycles. The Balaban J connectivity index is 5.82. The number of hydrogen-bond donors (Lipinski definition) is 1. The zero-order valence-electron chi connectivity index (χ0n) is 12.0. The summed E-state index contributed by atoms with van der Waals surface area (Å²) in [4.78, 5) is 0. The van der Waals surface area contributed by atoms with Crippen molar-refractivity contribution in [2.24, 2.45) is 11.8 Å². The van der Waals surface area contributed by atoms with Gasteiger partial charge in [0.05, 0.1) is 0 Å². The van der Waals surface area contributed by atoms with Gasteiger partial charge in [0.25, 0.3) is 5.50 Å². The van der Waals surface area contributed by atoms with Crippen molar-refractivity contribution < 1.29 is 65.7 Å². The summed E-state index contributed by atoms with van der Waals surface area (Å²) in [5.41, 5.74) is -4.30. The number of rotatable bonds is 8. The average Bonchev–Trinajstić information content (AvgIpc) is 2.41. The highest BCUT2D eigenvalue weighted by atomic mass is 32.2. The molecule has 0 radical (unpaired) electrons. The van der Waals surface area contributed by atoms with Gasteiger partial charge in [-0.05, 0) is 0 Å². The molecule has 0 aromatic rings. The Bertz CT molecular complexity index is 546. The third-order valence-electron chi connectivity index (χ3n) is 3.18. The van der Waals surface area contributed by atoms with Crippen LogP contribution >= 0.6 is 0 Å². The van der Waals surface area contributed by atoms with Crippen molar-refractivity contribution in [3.63, 3.8) is 0 Å². The lowest BCUT2D eigenvalue weighted by Crippen LogP contribution is -2.52. The van der Waals surface area contributed by atoms with Crippen LogP contribution < -0.4 is 0 Å². The minimum atomic E-state index is -6.31.